The standard InChI is InChI=1S/C28H33Cl2FN4O2/c1-34(2)18-23-26(28(36)32-21-7-4-3-5-8-21)33-35(25-14-11-20(29)17-24(25)30)27(23)19-9-12-22(13-10-19)37-16-6-15-31/h9-14,17,21H,3-8,15-16,18H2,1-2H3,(H,32,36). The lowest BCUT2D eigenvalue weighted by Gasteiger charge is -2.22. The molecule has 1 aliphatic rings. The number of halogens is 3. The zero-order valence-corrected chi connectivity index (χ0v) is 22.8. The van der Waals surface area contributed by atoms with Crippen LogP contribution >= 0.6 is 23.2 Å². The van der Waals surface area contributed by atoms with E-state index in [-0.39, 0.29) is 11.9 Å². The zero-order chi connectivity index (χ0) is 26.4. The number of hydrogen-bond acceptors (Lipinski definition) is 4. The SMILES string of the molecule is CN(C)Cc1c(C(=O)NC2CCCCC2)nn(-c2ccc(Cl)cc2Cl)c1-c1ccc(OCCCF)cc1. The van der Waals surface area contributed by atoms with E-state index in [1.165, 1.54) is 6.42 Å². The molecule has 9 heteroatoms. The van der Waals surface area contributed by atoms with Gasteiger partial charge >= 0.3 is 0 Å². The lowest BCUT2D eigenvalue weighted by molar-refractivity contribution is 0.0920. The Kier molecular flexibility index (Phi) is 9.46. The average Bonchev–Trinajstić information content (AvgIpc) is 3.23. The lowest BCUT2D eigenvalue weighted by atomic mass is 9.95. The number of carbonyl (C=O) groups is 1. The molecule has 0 radical (unpaired) electrons. The topological polar surface area (TPSA) is 59.4 Å². The number of benzene rings is 2. The first-order chi connectivity index (χ1) is 17.9. The summed E-state index contributed by atoms with van der Waals surface area (Å²) in [4.78, 5) is 15.6. The Bertz CT molecular complexity index is 1210. The van der Waals surface area contributed by atoms with Gasteiger partial charge in [0, 0.05) is 35.2 Å². The molecular weight excluding hydrogens is 514 g/mol. The van der Waals surface area contributed by atoms with Crippen molar-refractivity contribution in [1.82, 2.24) is 20.0 Å². The van der Waals surface area contributed by atoms with Crippen LogP contribution in [-0.2, 0) is 6.54 Å². The highest BCUT2D eigenvalue weighted by Crippen LogP contribution is 2.34. The van der Waals surface area contributed by atoms with E-state index in [0.717, 1.165) is 42.5 Å². The van der Waals surface area contributed by atoms with E-state index in [2.05, 4.69) is 5.32 Å². The fraction of sp³-hybridized carbons (Fsp3) is 0.429. The first-order valence-electron chi connectivity index (χ1n) is 12.7. The van der Waals surface area contributed by atoms with E-state index < -0.39 is 6.67 Å². The second-order valence-electron chi connectivity index (χ2n) is 9.64. The van der Waals surface area contributed by atoms with Crippen molar-refractivity contribution in [3.63, 3.8) is 0 Å². The minimum absolute atomic E-state index is 0.155. The number of amides is 1. The Hall–Kier alpha value is -2.61. The molecule has 0 unspecified atom stereocenters. The summed E-state index contributed by atoms with van der Waals surface area (Å²) in [6, 6.07) is 12.9. The molecule has 0 bridgehead atoms. The van der Waals surface area contributed by atoms with Crippen LogP contribution in [0.15, 0.2) is 42.5 Å². The fourth-order valence-electron chi connectivity index (χ4n) is 4.68. The summed E-state index contributed by atoms with van der Waals surface area (Å²) in [6.07, 6.45) is 5.75. The number of alkyl halides is 1. The lowest BCUT2D eigenvalue weighted by Crippen LogP contribution is -2.37. The molecular formula is C28H33Cl2FN4O2. The first kappa shape index (κ1) is 27.4. The third-order valence-corrected chi connectivity index (χ3v) is 6.96. The first-order valence-corrected chi connectivity index (χ1v) is 13.4. The second kappa shape index (κ2) is 12.8. The van der Waals surface area contributed by atoms with Crippen LogP contribution in [0.25, 0.3) is 16.9 Å². The molecule has 6 nitrogen and oxygen atoms in total. The molecule has 0 saturated heterocycles. The van der Waals surface area contributed by atoms with Gasteiger partial charge in [0.15, 0.2) is 5.69 Å². The van der Waals surface area contributed by atoms with Crippen LogP contribution in [0.4, 0.5) is 4.39 Å². The maximum Gasteiger partial charge on any atom is 0.272 e. The summed E-state index contributed by atoms with van der Waals surface area (Å²) in [5.74, 6) is 0.470. The molecule has 1 saturated carbocycles. The summed E-state index contributed by atoms with van der Waals surface area (Å²) in [5.41, 5.74) is 3.42. The van der Waals surface area contributed by atoms with Gasteiger partial charge in [0.05, 0.1) is 29.7 Å². The van der Waals surface area contributed by atoms with Crippen molar-refractivity contribution in [2.45, 2.75) is 51.1 Å². The number of aromatic nitrogens is 2. The highest BCUT2D eigenvalue weighted by atomic mass is 35.5. The smallest absolute Gasteiger partial charge is 0.272 e. The summed E-state index contributed by atoms with van der Waals surface area (Å²) in [7, 11) is 3.92. The van der Waals surface area contributed by atoms with Gasteiger partial charge in [0.2, 0.25) is 0 Å². The van der Waals surface area contributed by atoms with Crippen LogP contribution in [0.5, 0.6) is 5.75 Å². The van der Waals surface area contributed by atoms with Gasteiger partial charge in [-0.25, -0.2) is 4.68 Å². The molecule has 1 amide bonds. The molecule has 1 N–H and O–H groups in total. The van der Waals surface area contributed by atoms with Crippen molar-refractivity contribution in [2.24, 2.45) is 0 Å². The second-order valence-corrected chi connectivity index (χ2v) is 10.5. The predicted octanol–water partition coefficient (Wildman–Crippen LogP) is 6.71. The van der Waals surface area contributed by atoms with Crippen LogP contribution in [-0.4, -0.2) is 54.0 Å². The van der Waals surface area contributed by atoms with E-state index in [1.807, 2.05) is 43.3 Å². The van der Waals surface area contributed by atoms with Gasteiger partial charge in [-0.3, -0.25) is 9.18 Å². The van der Waals surface area contributed by atoms with E-state index in [1.54, 1.807) is 22.9 Å². The number of nitrogens with one attached hydrogen (secondary N) is 1. The van der Waals surface area contributed by atoms with Gasteiger partial charge in [-0.2, -0.15) is 5.10 Å². The maximum atomic E-state index is 13.6. The van der Waals surface area contributed by atoms with E-state index in [9.17, 15) is 9.18 Å². The molecule has 2 aromatic carbocycles. The zero-order valence-electron chi connectivity index (χ0n) is 21.3. The Labute approximate surface area is 227 Å². The molecule has 4 rings (SSSR count). The Balaban J connectivity index is 1.81. The summed E-state index contributed by atoms with van der Waals surface area (Å²) >= 11 is 12.8. The molecule has 198 valence electrons. The van der Waals surface area contributed by atoms with Gasteiger partial charge in [0.25, 0.3) is 5.91 Å². The van der Waals surface area contributed by atoms with Crippen LogP contribution in [0.1, 0.15) is 54.6 Å². The molecule has 1 aromatic heterocycles. The third kappa shape index (κ3) is 6.83. The van der Waals surface area contributed by atoms with E-state index >= 15 is 0 Å². The maximum absolute atomic E-state index is 13.6. The number of carbonyl (C=O) groups excluding carboxylic acids is 1. The molecule has 1 fully saturated rings. The van der Waals surface area contributed by atoms with Gasteiger partial charge < -0.3 is 15.0 Å². The van der Waals surface area contributed by atoms with Crippen molar-refractivity contribution in [2.75, 3.05) is 27.4 Å². The van der Waals surface area contributed by atoms with Crippen molar-refractivity contribution < 1.29 is 13.9 Å². The van der Waals surface area contributed by atoms with Crippen LogP contribution in [0.3, 0.4) is 0 Å². The highest BCUT2D eigenvalue weighted by Gasteiger charge is 2.28. The molecule has 0 aliphatic heterocycles. The largest absolute Gasteiger partial charge is 0.493 e. The van der Waals surface area contributed by atoms with E-state index in [0.29, 0.717) is 46.7 Å². The van der Waals surface area contributed by atoms with Crippen molar-refractivity contribution in [3.05, 3.63) is 63.8 Å². The van der Waals surface area contributed by atoms with E-state index in [4.69, 9.17) is 33.0 Å². The van der Waals surface area contributed by atoms with Crippen molar-refractivity contribution in [1.29, 1.82) is 0 Å². The number of hydrogen-bond donors (Lipinski definition) is 1. The number of ether oxygens (including phenoxy) is 1. The molecule has 37 heavy (non-hydrogen) atoms. The molecule has 3 aromatic rings. The van der Waals surface area contributed by atoms with Gasteiger partial charge in [-0.05, 0) is 69.4 Å². The number of rotatable bonds is 10. The minimum Gasteiger partial charge on any atom is -0.493 e. The predicted molar refractivity (Wildman–Crippen MR) is 147 cm³/mol. The summed E-state index contributed by atoms with van der Waals surface area (Å²) < 4.78 is 19.8. The average molecular weight is 548 g/mol. The quantitative estimate of drug-likeness (QED) is 0.287. The Morgan fingerprint density at radius 3 is 2.51 bits per heavy atom. The van der Waals surface area contributed by atoms with Crippen LogP contribution in [0.2, 0.25) is 10.0 Å². The molecule has 0 atom stereocenters. The molecule has 0 spiro atoms. The fourth-order valence-corrected chi connectivity index (χ4v) is 5.17. The normalized spacial score (nSPS) is 14.2. The molecule has 1 heterocycles. The van der Waals surface area contributed by atoms with Gasteiger partial charge in [0.1, 0.15) is 5.75 Å². The monoisotopic (exact) mass is 546 g/mol. The highest BCUT2D eigenvalue weighted by molar-refractivity contribution is 6.35. The summed E-state index contributed by atoms with van der Waals surface area (Å²) in [5, 5.41) is 8.99. The van der Waals surface area contributed by atoms with Crippen molar-refractivity contribution >= 4 is 29.1 Å². The Morgan fingerprint density at radius 2 is 1.86 bits per heavy atom. The van der Waals surface area contributed by atoms with Gasteiger partial charge in [-0.1, -0.05) is 42.5 Å². The minimum atomic E-state index is -0.418. The summed E-state index contributed by atoms with van der Waals surface area (Å²) in [6.45, 7) is 0.396. The van der Waals surface area contributed by atoms with Crippen LogP contribution in [0, 0.1) is 0 Å². The van der Waals surface area contributed by atoms with Crippen LogP contribution < -0.4 is 10.1 Å². The van der Waals surface area contributed by atoms with Crippen molar-refractivity contribution in [3.8, 4) is 22.7 Å². The third-order valence-electron chi connectivity index (χ3n) is 6.43. The number of nitrogens with zero attached hydrogens (tertiary/aromatic N) is 3. The Morgan fingerprint density at radius 1 is 1.14 bits per heavy atom. The molecule has 1 aliphatic carbocycles. The van der Waals surface area contributed by atoms with Gasteiger partial charge in [-0.15, -0.1) is 0 Å².